The second-order valence-electron chi connectivity index (χ2n) is 3.59. The van der Waals surface area contributed by atoms with Gasteiger partial charge in [0.2, 0.25) is 0 Å². The van der Waals surface area contributed by atoms with Crippen molar-refractivity contribution in [1.29, 1.82) is 0 Å². The lowest BCUT2D eigenvalue weighted by molar-refractivity contribution is 0.0531. The SMILES string of the molecule is CCOC(=O)c1sc(S(=O)(=O)N(C)C)cc1C. The van der Waals surface area contributed by atoms with Crippen LogP contribution in [-0.2, 0) is 14.8 Å². The minimum Gasteiger partial charge on any atom is -0.462 e. The molecule has 0 saturated carbocycles. The van der Waals surface area contributed by atoms with Crippen molar-refractivity contribution >= 4 is 27.3 Å². The summed E-state index contributed by atoms with van der Waals surface area (Å²) in [5.74, 6) is -0.477. The van der Waals surface area contributed by atoms with Gasteiger partial charge in [-0.3, -0.25) is 0 Å². The molecule has 0 fully saturated rings. The zero-order valence-electron chi connectivity index (χ0n) is 10.2. The molecule has 1 aromatic heterocycles. The van der Waals surface area contributed by atoms with E-state index in [9.17, 15) is 13.2 Å². The molecule has 0 amide bonds. The van der Waals surface area contributed by atoms with Crippen molar-refractivity contribution in [3.63, 3.8) is 0 Å². The van der Waals surface area contributed by atoms with Crippen LogP contribution in [0.4, 0.5) is 0 Å². The summed E-state index contributed by atoms with van der Waals surface area (Å²) in [6.07, 6.45) is 0. The Morgan fingerprint density at radius 1 is 1.47 bits per heavy atom. The first-order valence-corrected chi connectivity index (χ1v) is 7.26. The Hall–Kier alpha value is -0.920. The lowest BCUT2D eigenvalue weighted by Gasteiger charge is -2.08. The minimum atomic E-state index is -3.48. The molecule has 5 nitrogen and oxygen atoms in total. The van der Waals surface area contributed by atoms with E-state index in [1.54, 1.807) is 13.8 Å². The Balaban J connectivity index is 3.17. The number of aryl methyl sites for hydroxylation is 1. The Morgan fingerprint density at radius 3 is 2.53 bits per heavy atom. The van der Waals surface area contributed by atoms with Crippen LogP contribution in [0.2, 0.25) is 0 Å². The number of hydrogen-bond donors (Lipinski definition) is 0. The summed E-state index contributed by atoms with van der Waals surface area (Å²) >= 11 is 0.939. The molecule has 0 spiro atoms. The second kappa shape index (κ2) is 5.16. The highest BCUT2D eigenvalue weighted by molar-refractivity contribution is 7.91. The molecule has 0 aliphatic rings. The summed E-state index contributed by atoms with van der Waals surface area (Å²) in [6.45, 7) is 3.67. The van der Waals surface area contributed by atoms with Crippen molar-refractivity contribution < 1.29 is 17.9 Å². The van der Waals surface area contributed by atoms with Crippen LogP contribution in [0.3, 0.4) is 0 Å². The summed E-state index contributed by atoms with van der Waals surface area (Å²) in [7, 11) is -0.577. The summed E-state index contributed by atoms with van der Waals surface area (Å²) in [5, 5.41) is 0. The minimum absolute atomic E-state index is 0.156. The van der Waals surface area contributed by atoms with Crippen molar-refractivity contribution in [1.82, 2.24) is 4.31 Å². The molecule has 0 aliphatic heterocycles. The first-order valence-electron chi connectivity index (χ1n) is 5.00. The zero-order valence-corrected chi connectivity index (χ0v) is 11.8. The van der Waals surface area contributed by atoms with E-state index in [2.05, 4.69) is 0 Å². The van der Waals surface area contributed by atoms with Gasteiger partial charge in [0.1, 0.15) is 9.09 Å². The summed E-state index contributed by atoms with van der Waals surface area (Å²) in [6, 6.07) is 1.49. The van der Waals surface area contributed by atoms with Crippen molar-refractivity contribution in [3.8, 4) is 0 Å². The molecule has 1 aromatic rings. The smallest absolute Gasteiger partial charge is 0.348 e. The van der Waals surface area contributed by atoms with E-state index in [1.807, 2.05) is 0 Å². The summed E-state index contributed by atoms with van der Waals surface area (Å²) in [4.78, 5) is 11.9. The normalized spacial score (nSPS) is 11.8. The number of hydrogen-bond acceptors (Lipinski definition) is 5. The van der Waals surface area contributed by atoms with Gasteiger partial charge in [-0.25, -0.2) is 17.5 Å². The molecule has 0 aromatic carbocycles. The van der Waals surface area contributed by atoms with Crippen molar-refractivity contribution in [2.24, 2.45) is 0 Å². The van der Waals surface area contributed by atoms with Gasteiger partial charge in [0.05, 0.1) is 6.61 Å². The van der Waals surface area contributed by atoms with Crippen LogP contribution in [0.15, 0.2) is 10.3 Å². The lowest BCUT2D eigenvalue weighted by Crippen LogP contribution is -2.21. The fourth-order valence-corrected chi connectivity index (χ4v) is 3.76. The fraction of sp³-hybridized carbons (Fsp3) is 0.500. The van der Waals surface area contributed by atoms with Crippen LogP contribution >= 0.6 is 11.3 Å². The standard InChI is InChI=1S/C10H15NO4S2/c1-5-15-10(12)9-7(2)6-8(16-9)17(13,14)11(3)4/h6H,5H2,1-4H3. The molecule has 0 aliphatic carbocycles. The lowest BCUT2D eigenvalue weighted by atomic mass is 10.3. The quantitative estimate of drug-likeness (QED) is 0.782. The molecule has 0 N–H and O–H groups in total. The van der Waals surface area contributed by atoms with Crippen LogP contribution in [0.1, 0.15) is 22.2 Å². The third-order valence-electron chi connectivity index (χ3n) is 2.09. The topological polar surface area (TPSA) is 63.7 Å². The molecular weight excluding hydrogens is 262 g/mol. The number of esters is 1. The monoisotopic (exact) mass is 277 g/mol. The molecule has 7 heteroatoms. The molecule has 96 valence electrons. The molecule has 1 heterocycles. The highest BCUT2D eigenvalue weighted by atomic mass is 32.2. The first kappa shape index (κ1) is 14.1. The predicted octanol–water partition coefficient (Wildman–Crippen LogP) is 1.48. The third-order valence-corrected chi connectivity index (χ3v) is 5.57. The van der Waals surface area contributed by atoms with E-state index in [-0.39, 0.29) is 10.8 Å². The number of thiophene rings is 1. The largest absolute Gasteiger partial charge is 0.462 e. The number of ether oxygens (including phenoxy) is 1. The Labute approximate surface area is 105 Å². The molecular formula is C10H15NO4S2. The van der Waals surface area contributed by atoms with Crippen LogP contribution < -0.4 is 0 Å². The molecule has 1 rings (SSSR count). The molecule has 0 saturated heterocycles. The average Bonchev–Trinajstić information content (AvgIpc) is 2.61. The third kappa shape index (κ3) is 2.85. The van der Waals surface area contributed by atoms with Crippen molar-refractivity contribution in [2.75, 3.05) is 20.7 Å². The predicted molar refractivity (Wildman–Crippen MR) is 65.9 cm³/mol. The number of sulfonamides is 1. The average molecular weight is 277 g/mol. The molecule has 0 unspecified atom stereocenters. The van der Waals surface area contributed by atoms with Gasteiger partial charge in [-0.05, 0) is 25.5 Å². The number of carbonyl (C=O) groups is 1. The number of carbonyl (C=O) groups excluding carboxylic acids is 1. The van der Waals surface area contributed by atoms with Crippen LogP contribution in [0.25, 0.3) is 0 Å². The zero-order chi connectivity index (χ0) is 13.2. The summed E-state index contributed by atoms with van der Waals surface area (Å²) < 4.78 is 29.9. The maximum absolute atomic E-state index is 11.9. The molecule has 0 atom stereocenters. The van der Waals surface area contributed by atoms with Crippen molar-refractivity contribution in [2.45, 2.75) is 18.1 Å². The van der Waals surface area contributed by atoms with Gasteiger partial charge in [-0.15, -0.1) is 11.3 Å². The van der Waals surface area contributed by atoms with Gasteiger partial charge in [-0.1, -0.05) is 0 Å². The van der Waals surface area contributed by atoms with Crippen LogP contribution in [-0.4, -0.2) is 39.4 Å². The maximum Gasteiger partial charge on any atom is 0.348 e. The number of nitrogens with zero attached hydrogens (tertiary/aromatic N) is 1. The van der Waals surface area contributed by atoms with Gasteiger partial charge >= 0.3 is 5.97 Å². The van der Waals surface area contributed by atoms with E-state index < -0.39 is 16.0 Å². The van der Waals surface area contributed by atoms with Crippen LogP contribution in [0.5, 0.6) is 0 Å². The molecule has 17 heavy (non-hydrogen) atoms. The second-order valence-corrected chi connectivity index (χ2v) is 7.02. The Morgan fingerprint density at radius 2 is 2.06 bits per heavy atom. The highest BCUT2D eigenvalue weighted by Gasteiger charge is 2.24. The first-order chi connectivity index (χ1) is 7.80. The number of rotatable bonds is 4. The van der Waals surface area contributed by atoms with Gasteiger partial charge in [-0.2, -0.15) is 0 Å². The van der Waals surface area contributed by atoms with E-state index in [0.29, 0.717) is 10.4 Å². The van der Waals surface area contributed by atoms with E-state index >= 15 is 0 Å². The van der Waals surface area contributed by atoms with E-state index in [1.165, 1.54) is 20.2 Å². The molecule has 0 radical (unpaired) electrons. The van der Waals surface area contributed by atoms with Gasteiger partial charge in [0, 0.05) is 14.1 Å². The fourth-order valence-electron chi connectivity index (χ4n) is 1.16. The van der Waals surface area contributed by atoms with Gasteiger partial charge in [0.15, 0.2) is 0 Å². The maximum atomic E-state index is 11.9. The van der Waals surface area contributed by atoms with Gasteiger partial charge in [0.25, 0.3) is 10.0 Å². The van der Waals surface area contributed by atoms with Gasteiger partial charge < -0.3 is 4.74 Å². The van der Waals surface area contributed by atoms with Crippen LogP contribution in [0, 0.1) is 6.92 Å². The summed E-state index contributed by atoms with van der Waals surface area (Å²) in [5.41, 5.74) is 0.619. The highest BCUT2D eigenvalue weighted by Crippen LogP contribution is 2.28. The molecule has 0 bridgehead atoms. The van der Waals surface area contributed by atoms with E-state index in [0.717, 1.165) is 15.6 Å². The van der Waals surface area contributed by atoms with Crippen molar-refractivity contribution in [3.05, 3.63) is 16.5 Å². The Kier molecular flexibility index (Phi) is 4.29. The van der Waals surface area contributed by atoms with E-state index in [4.69, 9.17) is 4.74 Å². The Bertz CT molecular complexity index is 516.